The third-order valence-electron chi connectivity index (χ3n) is 4.46. The van der Waals surface area contributed by atoms with Crippen molar-refractivity contribution in [3.8, 4) is 0 Å². The minimum absolute atomic E-state index is 0.250. The molecular formula is C20H21F2NO4. The first-order valence-corrected chi connectivity index (χ1v) is 8.49. The maximum atomic E-state index is 13.3. The molecule has 0 bridgehead atoms. The van der Waals surface area contributed by atoms with E-state index in [-0.39, 0.29) is 6.47 Å². The third kappa shape index (κ3) is 6.14. The highest BCUT2D eigenvalue weighted by atomic mass is 19.2. The summed E-state index contributed by atoms with van der Waals surface area (Å²) in [6, 6.07) is 11.1. The minimum Gasteiger partial charge on any atom is -0.483 e. The van der Waals surface area contributed by atoms with E-state index >= 15 is 0 Å². The van der Waals surface area contributed by atoms with Crippen molar-refractivity contribution in [2.45, 2.75) is 19.4 Å². The molecule has 0 amide bonds. The van der Waals surface area contributed by atoms with Crippen molar-refractivity contribution in [2.24, 2.45) is 5.92 Å². The summed E-state index contributed by atoms with van der Waals surface area (Å²) < 4.78 is 26.3. The maximum absolute atomic E-state index is 13.3. The molecule has 1 saturated heterocycles. The summed E-state index contributed by atoms with van der Waals surface area (Å²) >= 11 is 0. The SMILES string of the molecule is O=C(O)c1cccc(CC2CCN(Cc3ccc(F)c(F)c3)C2)c1.O=CO. The predicted molar refractivity (Wildman–Crippen MR) is 95.5 cm³/mol. The molecule has 0 radical (unpaired) electrons. The fourth-order valence-corrected chi connectivity index (χ4v) is 3.28. The van der Waals surface area contributed by atoms with Crippen LogP contribution in [0, 0.1) is 17.6 Å². The smallest absolute Gasteiger partial charge is 0.335 e. The molecular weight excluding hydrogens is 356 g/mol. The van der Waals surface area contributed by atoms with Gasteiger partial charge in [0.2, 0.25) is 0 Å². The molecule has 0 saturated carbocycles. The van der Waals surface area contributed by atoms with E-state index in [1.807, 2.05) is 6.07 Å². The van der Waals surface area contributed by atoms with Crippen molar-refractivity contribution in [2.75, 3.05) is 13.1 Å². The lowest BCUT2D eigenvalue weighted by Crippen LogP contribution is -2.20. The number of nitrogens with zero attached hydrogens (tertiary/aromatic N) is 1. The molecule has 1 heterocycles. The van der Waals surface area contributed by atoms with Gasteiger partial charge in [0.1, 0.15) is 0 Å². The molecule has 2 aromatic rings. The second-order valence-electron chi connectivity index (χ2n) is 6.45. The van der Waals surface area contributed by atoms with Crippen LogP contribution in [-0.2, 0) is 17.8 Å². The van der Waals surface area contributed by atoms with Gasteiger partial charge in [0.05, 0.1) is 5.56 Å². The van der Waals surface area contributed by atoms with E-state index < -0.39 is 17.6 Å². The number of rotatable bonds is 5. The fraction of sp³-hybridized carbons (Fsp3) is 0.300. The predicted octanol–water partition coefficient (Wildman–Crippen LogP) is 3.43. The number of likely N-dealkylation sites (tertiary alicyclic amines) is 1. The van der Waals surface area contributed by atoms with E-state index in [1.165, 1.54) is 6.07 Å². The molecule has 5 nitrogen and oxygen atoms in total. The van der Waals surface area contributed by atoms with Crippen molar-refractivity contribution >= 4 is 12.4 Å². The number of halogens is 2. The first-order valence-electron chi connectivity index (χ1n) is 8.49. The second-order valence-corrected chi connectivity index (χ2v) is 6.45. The molecule has 7 heteroatoms. The van der Waals surface area contributed by atoms with Gasteiger partial charge in [-0.2, -0.15) is 0 Å². The summed E-state index contributed by atoms with van der Waals surface area (Å²) in [5, 5.41) is 15.9. The van der Waals surface area contributed by atoms with Gasteiger partial charge in [0.15, 0.2) is 11.6 Å². The molecule has 1 atom stereocenters. The van der Waals surface area contributed by atoms with Gasteiger partial charge >= 0.3 is 5.97 Å². The van der Waals surface area contributed by atoms with Gasteiger partial charge in [-0.1, -0.05) is 18.2 Å². The van der Waals surface area contributed by atoms with Gasteiger partial charge in [0, 0.05) is 13.1 Å². The van der Waals surface area contributed by atoms with Crippen molar-refractivity contribution in [3.63, 3.8) is 0 Å². The monoisotopic (exact) mass is 377 g/mol. The number of hydrogen-bond donors (Lipinski definition) is 2. The van der Waals surface area contributed by atoms with Crippen LogP contribution in [0.3, 0.4) is 0 Å². The summed E-state index contributed by atoms with van der Waals surface area (Å²) in [5.74, 6) is -2.10. The Morgan fingerprint density at radius 1 is 1.15 bits per heavy atom. The molecule has 3 rings (SSSR count). The van der Waals surface area contributed by atoms with E-state index in [1.54, 1.807) is 24.3 Å². The van der Waals surface area contributed by atoms with Gasteiger partial charge in [-0.05, 0) is 60.7 Å². The Balaban J connectivity index is 0.000000817. The second kappa shape index (κ2) is 9.78. The van der Waals surface area contributed by atoms with Crippen LogP contribution in [-0.4, -0.2) is 40.6 Å². The van der Waals surface area contributed by atoms with Crippen LogP contribution in [0.2, 0.25) is 0 Å². The van der Waals surface area contributed by atoms with Crippen LogP contribution in [0.4, 0.5) is 8.78 Å². The zero-order chi connectivity index (χ0) is 19.8. The van der Waals surface area contributed by atoms with E-state index in [0.29, 0.717) is 18.0 Å². The van der Waals surface area contributed by atoms with Crippen LogP contribution in [0.15, 0.2) is 42.5 Å². The average molecular weight is 377 g/mol. The maximum Gasteiger partial charge on any atom is 0.335 e. The van der Waals surface area contributed by atoms with Crippen LogP contribution in [0.25, 0.3) is 0 Å². The normalized spacial score (nSPS) is 16.4. The number of carboxylic acids is 1. The Morgan fingerprint density at radius 2 is 1.89 bits per heavy atom. The number of carbonyl (C=O) groups is 2. The van der Waals surface area contributed by atoms with Crippen LogP contribution < -0.4 is 0 Å². The first-order chi connectivity index (χ1) is 12.9. The quantitative estimate of drug-likeness (QED) is 0.781. The van der Waals surface area contributed by atoms with Crippen LogP contribution in [0.5, 0.6) is 0 Å². The van der Waals surface area contributed by atoms with Crippen LogP contribution in [0.1, 0.15) is 27.9 Å². The molecule has 1 aliphatic heterocycles. The summed E-state index contributed by atoms with van der Waals surface area (Å²) in [7, 11) is 0. The van der Waals surface area contributed by atoms with E-state index in [9.17, 15) is 13.6 Å². The lowest BCUT2D eigenvalue weighted by atomic mass is 9.97. The molecule has 0 aromatic heterocycles. The van der Waals surface area contributed by atoms with Gasteiger partial charge in [-0.3, -0.25) is 9.69 Å². The van der Waals surface area contributed by atoms with Crippen molar-refractivity contribution in [1.82, 2.24) is 4.90 Å². The van der Waals surface area contributed by atoms with Crippen molar-refractivity contribution < 1.29 is 28.6 Å². The molecule has 0 aliphatic carbocycles. The Kier molecular flexibility index (Phi) is 7.43. The Bertz CT molecular complexity index is 797. The van der Waals surface area contributed by atoms with Crippen molar-refractivity contribution in [3.05, 3.63) is 70.8 Å². The molecule has 2 N–H and O–H groups in total. The molecule has 27 heavy (non-hydrogen) atoms. The summed E-state index contributed by atoms with van der Waals surface area (Å²) in [4.78, 5) is 21.6. The Labute approximate surface area is 155 Å². The topological polar surface area (TPSA) is 77.8 Å². The molecule has 0 spiro atoms. The lowest BCUT2D eigenvalue weighted by Gasteiger charge is -2.16. The summed E-state index contributed by atoms with van der Waals surface area (Å²) in [5.41, 5.74) is 2.10. The summed E-state index contributed by atoms with van der Waals surface area (Å²) in [6.45, 7) is 2.13. The third-order valence-corrected chi connectivity index (χ3v) is 4.46. The highest BCUT2D eigenvalue weighted by Gasteiger charge is 2.23. The molecule has 1 unspecified atom stereocenters. The molecule has 1 fully saturated rings. The first kappa shape index (κ1) is 20.5. The number of aromatic carboxylic acids is 1. The molecule has 144 valence electrons. The summed E-state index contributed by atoms with van der Waals surface area (Å²) in [6.07, 6.45) is 1.84. The van der Waals surface area contributed by atoms with E-state index in [0.717, 1.165) is 43.1 Å². The standard InChI is InChI=1S/C19H19F2NO2.CH2O2/c20-17-5-4-14(10-18(17)21)11-22-7-6-15(12-22)8-13-2-1-3-16(9-13)19(23)24;2-1-3/h1-5,9-10,15H,6-8,11-12H2,(H,23,24);1H,(H,2,3). The van der Waals surface area contributed by atoms with Gasteiger partial charge in [0.25, 0.3) is 6.47 Å². The Morgan fingerprint density at radius 3 is 2.56 bits per heavy atom. The van der Waals surface area contributed by atoms with Gasteiger partial charge in [-0.15, -0.1) is 0 Å². The molecule has 2 aromatic carbocycles. The lowest BCUT2D eigenvalue weighted by molar-refractivity contribution is -0.122. The highest BCUT2D eigenvalue weighted by molar-refractivity contribution is 5.87. The highest BCUT2D eigenvalue weighted by Crippen LogP contribution is 2.23. The van der Waals surface area contributed by atoms with Crippen LogP contribution >= 0.6 is 0 Å². The average Bonchev–Trinajstić information content (AvgIpc) is 3.06. The minimum atomic E-state index is -0.914. The van der Waals surface area contributed by atoms with Gasteiger partial charge < -0.3 is 10.2 Å². The Hall–Kier alpha value is -2.80. The zero-order valence-electron chi connectivity index (χ0n) is 14.6. The van der Waals surface area contributed by atoms with Crippen molar-refractivity contribution in [1.29, 1.82) is 0 Å². The number of benzene rings is 2. The zero-order valence-corrected chi connectivity index (χ0v) is 14.6. The number of hydrogen-bond acceptors (Lipinski definition) is 3. The van der Waals surface area contributed by atoms with E-state index in [2.05, 4.69) is 4.90 Å². The fourth-order valence-electron chi connectivity index (χ4n) is 3.28. The van der Waals surface area contributed by atoms with E-state index in [4.69, 9.17) is 15.0 Å². The van der Waals surface area contributed by atoms with Gasteiger partial charge in [-0.25, -0.2) is 13.6 Å². The largest absolute Gasteiger partial charge is 0.483 e. The number of carboxylic acid groups (broad SMARTS) is 2. The molecule has 1 aliphatic rings.